The maximum absolute atomic E-state index is 12.7. The van der Waals surface area contributed by atoms with E-state index >= 15 is 0 Å². The minimum Gasteiger partial charge on any atom is -0.462 e. The molecule has 0 radical (unpaired) electrons. The second kappa shape index (κ2) is 38.0. The maximum atomic E-state index is 12.7. The molecule has 0 amide bonds. The SMILES string of the molecule is CCCCCC/C=C\CCCCCCCC(=O)OC[C@H](COP(=O)(O)OC[C@@H](O)COP(=O)(O)O)OC(=O)CCCC(O)/C=C/C=C/C/C=C/CCCCCCCC. The first-order chi connectivity index (χ1) is 27.8. The van der Waals surface area contributed by atoms with Gasteiger partial charge in [-0.05, 0) is 64.2 Å². The van der Waals surface area contributed by atoms with Gasteiger partial charge >= 0.3 is 27.6 Å². The molecule has 0 aliphatic heterocycles. The Kier molecular flexibility index (Phi) is 36.7. The number of esters is 2. The molecule has 4 atom stereocenters. The lowest BCUT2D eigenvalue weighted by Crippen LogP contribution is -2.30. The van der Waals surface area contributed by atoms with E-state index in [0.717, 1.165) is 51.4 Å². The van der Waals surface area contributed by atoms with E-state index in [-0.39, 0.29) is 25.7 Å². The quantitative estimate of drug-likeness (QED) is 0.0127. The van der Waals surface area contributed by atoms with Crippen molar-refractivity contribution in [3.05, 3.63) is 48.6 Å². The summed E-state index contributed by atoms with van der Waals surface area (Å²) >= 11 is 0. The van der Waals surface area contributed by atoms with Crippen molar-refractivity contribution in [3.63, 3.8) is 0 Å². The van der Waals surface area contributed by atoms with E-state index in [9.17, 15) is 33.8 Å². The van der Waals surface area contributed by atoms with Gasteiger partial charge in [0.05, 0.1) is 25.9 Å². The van der Waals surface area contributed by atoms with Gasteiger partial charge in [-0.25, -0.2) is 9.13 Å². The molecule has 0 saturated carbocycles. The highest BCUT2D eigenvalue weighted by Gasteiger charge is 2.28. The summed E-state index contributed by atoms with van der Waals surface area (Å²) in [5.74, 6) is -1.24. The van der Waals surface area contributed by atoms with E-state index in [1.807, 2.05) is 12.2 Å². The van der Waals surface area contributed by atoms with E-state index < -0.39 is 72.3 Å². The number of carbonyl (C=O) groups excluding carboxylic acids is 2. The van der Waals surface area contributed by atoms with Crippen LogP contribution >= 0.6 is 15.6 Å². The number of hydrogen-bond donors (Lipinski definition) is 5. The molecular formula is C42H76O14P2. The van der Waals surface area contributed by atoms with Crippen LogP contribution in [0.5, 0.6) is 0 Å². The molecule has 5 N–H and O–H groups in total. The van der Waals surface area contributed by atoms with Gasteiger partial charge in [-0.15, -0.1) is 0 Å². The molecule has 2 unspecified atom stereocenters. The third kappa shape index (κ3) is 40.8. The van der Waals surface area contributed by atoms with Gasteiger partial charge in [-0.3, -0.25) is 23.2 Å². The standard InChI is InChI=1S/C42H76O14P2/c1-3-5-7-9-11-13-15-17-19-21-23-25-27-30-38(43)31-29-33-42(46)56-40(37-55-58(50,51)54-35-39(44)34-53-57(47,48)49)36-52-41(45)32-28-26-24-22-20-18-16-14-12-10-8-6-4-2/h14,16-17,19,23,25,27,30,38-40,43-44H,3-13,15,18,20-22,24,26,28-29,31-37H2,1-2H3,(H,50,51)(H2,47,48,49)/b16-14-,19-17+,25-23+,30-27+/t38?,39-,40+/m0/s1. The van der Waals surface area contributed by atoms with Crippen LogP contribution in [0.15, 0.2) is 48.6 Å². The summed E-state index contributed by atoms with van der Waals surface area (Å²) < 4.78 is 47.6. The van der Waals surface area contributed by atoms with Gasteiger partial charge in [-0.1, -0.05) is 133 Å². The Morgan fingerprint density at radius 1 is 0.569 bits per heavy atom. The molecule has 0 aromatic rings. The second-order valence-electron chi connectivity index (χ2n) is 14.5. The van der Waals surface area contributed by atoms with E-state index in [4.69, 9.17) is 23.8 Å². The Bertz CT molecular complexity index is 1230. The Balaban J connectivity index is 4.74. The minimum absolute atomic E-state index is 0.0949. The average molecular weight is 867 g/mol. The number of aliphatic hydroxyl groups is 2. The lowest BCUT2D eigenvalue weighted by molar-refractivity contribution is -0.161. The molecule has 0 fully saturated rings. The van der Waals surface area contributed by atoms with E-state index in [2.05, 4.69) is 47.2 Å². The Hall–Kier alpha value is -1.96. The highest BCUT2D eigenvalue weighted by Crippen LogP contribution is 2.43. The molecular weight excluding hydrogens is 790 g/mol. The lowest BCUT2D eigenvalue weighted by atomic mass is 10.1. The van der Waals surface area contributed by atoms with Crippen LogP contribution in [-0.2, 0) is 41.8 Å². The predicted octanol–water partition coefficient (Wildman–Crippen LogP) is 9.64. The fourth-order valence-electron chi connectivity index (χ4n) is 5.47. The normalized spacial score (nSPS) is 15.1. The maximum Gasteiger partial charge on any atom is 0.472 e. The summed E-state index contributed by atoms with van der Waals surface area (Å²) in [5, 5.41) is 20.0. The van der Waals surface area contributed by atoms with Crippen molar-refractivity contribution >= 4 is 27.6 Å². The molecule has 0 aliphatic rings. The Labute approximate surface area is 348 Å². The molecule has 338 valence electrons. The van der Waals surface area contributed by atoms with Gasteiger partial charge in [0.1, 0.15) is 12.7 Å². The van der Waals surface area contributed by atoms with Crippen molar-refractivity contribution < 1.29 is 66.7 Å². The molecule has 16 heteroatoms. The highest BCUT2D eigenvalue weighted by atomic mass is 31.2. The van der Waals surface area contributed by atoms with E-state index in [1.165, 1.54) is 64.2 Å². The zero-order valence-electron chi connectivity index (χ0n) is 35.2. The van der Waals surface area contributed by atoms with Gasteiger partial charge in [0.25, 0.3) is 0 Å². The number of unbranched alkanes of at least 4 members (excludes halogenated alkanes) is 15. The number of carbonyl (C=O) groups is 2. The van der Waals surface area contributed by atoms with Gasteiger partial charge in [-0.2, -0.15) is 0 Å². The number of ether oxygens (including phenoxy) is 2. The highest BCUT2D eigenvalue weighted by molar-refractivity contribution is 7.47. The van der Waals surface area contributed by atoms with Crippen LogP contribution in [0.25, 0.3) is 0 Å². The number of phosphoric ester groups is 2. The smallest absolute Gasteiger partial charge is 0.462 e. The number of allylic oxidation sites excluding steroid dienone is 7. The van der Waals surface area contributed by atoms with Crippen molar-refractivity contribution in [2.45, 2.75) is 180 Å². The van der Waals surface area contributed by atoms with Crippen molar-refractivity contribution in [2.24, 2.45) is 0 Å². The largest absolute Gasteiger partial charge is 0.472 e. The fraction of sp³-hybridized carbons (Fsp3) is 0.762. The molecule has 0 spiro atoms. The Morgan fingerprint density at radius 2 is 1.09 bits per heavy atom. The van der Waals surface area contributed by atoms with Gasteiger partial charge in [0, 0.05) is 12.8 Å². The van der Waals surface area contributed by atoms with Crippen molar-refractivity contribution in [3.8, 4) is 0 Å². The molecule has 0 rings (SSSR count). The molecule has 0 aromatic carbocycles. The van der Waals surface area contributed by atoms with Crippen molar-refractivity contribution in [1.82, 2.24) is 0 Å². The third-order valence-electron chi connectivity index (χ3n) is 8.78. The molecule has 0 saturated heterocycles. The van der Waals surface area contributed by atoms with Crippen LogP contribution in [-0.4, -0.2) is 81.6 Å². The molecule has 0 aliphatic carbocycles. The van der Waals surface area contributed by atoms with E-state index in [1.54, 1.807) is 12.2 Å². The summed E-state index contributed by atoms with van der Waals surface area (Å²) in [6.45, 7) is 1.50. The predicted molar refractivity (Wildman–Crippen MR) is 227 cm³/mol. The van der Waals surface area contributed by atoms with Crippen LogP contribution in [0.1, 0.15) is 162 Å². The van der Waals surface area contributed by atoms with Crippen LogP contribution < -0.4 is 0 Å². The molecule has 58 heavy (non-hydrogen) atoms. The average Bonchev–Trinajstić information content (AvgIpc) is 3.17. The first-order valence-electron chi connectivity index (χ1n) is 21.4. The summed E-state index contributed by atoms with van der Waals surface area (Å²) in [5.41, 5.74) is 0. The van der Waals surface area contributed by atoms with Crippen molar-refractivity contribution in [2.75, 3.05) is 26.4 Å². The molecule has 0 aromatic heterocycles. The van der Waals surface area contributed by atoms with E-state index in [0.29, 0.717) is 6.42 Å². The van der Waals surface area contributed by atoms with Crippen LogP contribution in [0.4, 0.5) is 0 Å². The zero-order chi connectivity index (χ0) is 43.2. The summed E-state index contributed by atoms with van der Waals surface area (Å²) in [4.78, 5) is 52.6. The van der Waals surface area contributed by atoms with Gasteiger partial charge < -0.3 is 34.4 Å². The number of phosphoric acid groups is 2. The topological polar surface area (TPSA) is 216 Å². The number of aliphatic hydroxyl groups excluding tert-OH is 2. The van der Waals surface area contributed by atoms with Crippen LogP contribution in [0.2, 0.25) is 0 Å². The summed E-state index contributed by atoms with van der Waals surface area (Å²) in [6.07, 6.45) is 34.2. The summed E-state index contributed by atoms with van der Waals surface area (Å²) in [6, 6.07) is 0. The van der Waals surface area contributed by atoms with Crippen molar-refractivity contribution in [1.29, 1.82) is 0 Å². The fourth-order valence-corrected chi connectivity index (χ4v) is 6.62. The van der Waals surface area contributed by atoms with Crippen LogP contribution in [0, 0.1) is 0 Å². The zero-order valence-corrected chi connectivity index (χ0v) is 37.0. The van der Waals surface area contributed by atoms with Gasteiger partial charge in [0.15, 0.2) is 6.10 Å². The molecule has 0 bridgehead atoms. The number of hydrogen-bond acceptors (Lipinski definition) is 11. The van der Waals surface area contributed by atoms with Crippen LogP contribution in [0.3, 0.4) is 0 Å². The minimum atomic E-state index is -4.88. The Morgan fingerprint density at radius 3 is 1.71 bits per heavy atom. The number of rotatable bonds is 40. The van der Waals surface area contributed by atoms with Gasteiger partial charge in [0.2, 0.25) is 0 Å². The lowest BCUT2D eigenvalue weighted by Gasteiger charge is -2.20. The summed E-state index contributed by atoms with van der Waals surface area (Å²) in [7, 11) is -9.74. The second-order valence-corrected chi connectivity index (χ2v) is 17.2. The first-order valence-corrected chi connectivity index (χ1v) is 24.5. The monoisotopic (exact) mass is 866 g/mol. The molecule has 0 heterocycles. The molecule has 14 nitrogen and oxygen atoms in total. The first kappa shape index (κ1) is 56.0. The third-order valence-corrected chi connectivity index (χ3v) is 10.2.